The van der Waals surface area contributed by atoms with Gasteiger partial charge in [0.15, 0.2) is 0 Å². The molecular weight excluding hydrogens is 380 g/mol. The number of nitrogens with zero attached hydrogens (tertiary/aromatic N) is 3. The number of carbonyl (C=O) groups excluding carboxylic acids is 1. The van der Waals surface area contributed by atoms with Crippen molar-refractivity contribution in [2.24, 2.45) is 5.10 Å². The second kappa shape index (κ2) is 9.89. The highest BCUT2D eigenvalue weighted by Gasteiger charge is 2.07. The molecule has 0 atom stereocenters. The maximum atomic E-state index is 11.9. The van der Waals surface area contributed by atoms with Crippen molar-refractivity contribution in [3.63, 3.8) is 0 Å². The Hall–Kier alpha value is -2.65. The Morgan fingerprint density at radius 1 is 1.26 bits per heavy atom. The highest BCUT2D eigenvalue weighted by atomic mass is 32.2. The smallest absolute Gasteiger partial charge is 0.240 e. The minimum Gasteiger partial charge on any atom is -0.355 e. The summed E-state index contributed by atoms with van der Waals surface area (Å²) in [6.45, 7) is 2.53. The number of carbonyl (C=O) groups is 1. The van der Waals surface area contributed by atoms with Crippen LogP contribution in [-0.2, 0) is 11.2 Å². The van der Waals surface area contributed by atoms with E-state index in [1.165, 1.54) is 17.3 Å². The molecule has 9 heteroatoms. The van der Waals surface area contributed by atoms with Crippen LogP contribution in [0.4, 0.5) is 5.95 Å². The Balaban J connectivity index is 1.38. The van der Waals surface area contributed by atoms with E-state index in [0.29, 0.717) is 17.6 Å². The summed E-state index contributed by atoms with van der Waals surface area (Å²) in [7, 11) is 0. The van der Waals surface area contributed by atoms with Gasteiger partial charge in [-0.3, -0.25) is 4.79 Å². The number of thiophene rings is 1. The van der Waals surface area contributed by atoms with Gasteiger partial charge in [0, 0.05) is 11.4 Å². The molecular formula is C18H20N6OS2. The number of thioether (sulfide) groups is 1. The zero-order valence-corrected chi connectivity index (χ0v) is 16.4. The highest BCUT2D eigenvalue weighted by Crippen LogP contribution is 2.14. The van der Waals surface area contributed by atoms with Crippen molar-refractivity contribution in [3.05, 3.63) is 58.3 Å². The van der Waals surface area contributed by atoms with Gasteiger partial charge in [-0.15, -0.1) is 16.4 Å². The molecule has 0 bridgehead atoms. The van der Waals surface area contributed by atoms with E-state index in [4.69, 9.17) is 0 Å². The molecule has 0 aliphatic carbocycles. The predicted octanol–water partition coefficient (Wildman–Crippen LogP) is 3.15. The molecule has 0 aliphatic rings. The van der Waals surface area contributed by atoms with Gasteiger partial charge in [-0.25, -0.2) is 10.5 Å². The molecule has 140 valence electrons. The highest BCUT2D eigenvalue weighted by molar-refractivity contribution is 7.99. The van der Waals surface area contributed by atoms with Gasteiger partial charge in [0.25, 0.3) is 0 Å². The number of hydrogen-bond acceptors (Lipinski definition) is 7. The number of anilines is 1. The maximum Gasteiger partial charge on any atom is 0.240 e. The van der Waals surface area contributed by atoms with Crippen LogP contribution in [-0.4, -0.2) is 39.1 Å². The number of hydrazone groups is 1. The van der Waals surface area contributed by atoms with Crippen LogP contribution in [0.5, 0.6) is 0 Å². The lowest BCUT2D eigenvalue weighted by Crippen LogP contribution is -2.27. The number of aromatic amines is 1. The number of H-pyrrole nitrogens is 1. The molecule has 2 aromatic heterocycles. The summed E-state index contributed by atoms with van der Waals surface area (Å²) in [5.74, 6) is 0.670. The second-order valence-electron chi connectivity index (χ2n) is 5.63. The molecule has 27 heavy (non-hydrogen) atoms. The van der Waals surface area contributed by atoms with Gasteiger partial charge in [-0.05, 0) is 30.4 Å². The van der Waals surface area contributed by atoms with Gasteiger partial charge in [0.2, 0.25) is 17.0 Å². The molecule has 1 amide bonds. The van der Waals surface area contributed by atoms with Gasteiger partial charge < -0.3 is 5.32 Å². The number of aromatic nitrogens is 3. The molecule has 0 saturated heterocycles. The summed E-state index contributed by atoms with van der Waals surface area (Å²) in [5.41, 5.74) is 4.92. The Kier molecular flexibility index (Phi) is 7.00. The maximum absolute atomic E-state index is 11.9. The Labute approximate surface area is 165 Å². The monoisotopic (exact) mass is 400 g/mol. The molecule has 3 rings (SSSR count). The van der Waals surface area contributed by atoms with Crippen LogP contribution in [0.3, 0.4) is 0 Å². The topological polar surface area (TPSA) is 95.1 Å². The molecule has 0 aliphatic heterocycles. The first-order chi connectivity index (χ1) is 13.2. The van der Waals surface area contributed by atoms with E-state index in [1.54, 1.807) is 11.3 Å². The lowest BCUT2D eigenvalue weighted by atomic mass is 10.1. The first-order valence-corrected chi connectivity index (χ1v) is 10.3. The summed E-state index contributed by atoms with van der Waals surface area (Å²) >= 11 is 2.90. The van der Waals surface area contributed by atoms with Crippen molar-refractivity contribution in [1.29, 1.82) is 0 Å². The zero-order chi connectivity index (χ0) is 18.9. The molecule has 3 aromatic rings. The summed E-state index contributed by atoms with van der Waals surface area (Å²) < 4.78 is 0. The Morgan fingerprint density at radius 2 is 2.11 bits per heavy atom. The second-order valence-corrected chi connectivity index (χ2v) is 7.52. The van der Waals surface area contributed by atoms with Crippen molar-refractivity contribution in [1.82, 2.24) is 20.5 Å². The lowest BCUT2D eigenvalue weighted by Gasteiger charge is -2.04. The van der Waals surface area contributed by atoms with Gasteiger partial charge in [0.1, 0.15) is 0 Å². The fourth-order valence-electron chi connectivity index (χ4n) is 2.21. The summed E-state index contributed by atoms with van der Waals surface area (Å²) in [5, 5.41) is 16.5. The summed E-state index contributed by atoms with van der Waals surface area (Å²) in [4.78, 5) is 17.3. The number of rotatable bonds is 9. The average molecular weight is 401 g/mol. The van der Waals surface area contributed by atoms with Gasteiger partial charge >= 0.3 is 0 Å². The van der Waals surface area contributed by atoms with E-state index < -0.39 is 0 Å². The first kappa shape index (κ1) is 19.1. The quantitative estimate of drug-likeness (QED) is 0.291. The zero-order valence-electron chi connectivity index (χ0n) is 14.8. The molecule has 0 fully saturated rings. The van der Waals surface area contributed by atoms with E-state index in [2.05, 4.69) is 31.0 Å². The van der Waals surface area contributed by atoms with Gasteiger partial charge in [0.05, 0.1) is 11.5 Å². The fourth-order valence-corrected chi connectivity index (χ4v) is 3.51. The van der Waals surface area contributed by atoms with Gasteiger partial charge in [-0.1, -0.05) is 48.2 Å². The third kappa shape index (κ3) is 6.22. The van der Waals surface area contributed by atoms with E-state index >= 15 is 0 Å². The summed E-state index contributed by atoms with van der Waals surface area (Å²) in [6, 6.07) is 14.0. The van der Waals surface area contributed by atoms with Crippen LogP contribution in [0, 0.1) is 0 Å². The normalized spacial score (nSPS) is 11.4. The van der Waals surface area contributed by atoms with Gasteiger partial charge in [-0.2, -0.15) is 10.1 Å². The van der Waals surface area contributed by atoms with Crippen molar-refractivity contribution >= 4 is 40.7 Å². The average Bonchev–Trinajstić information content (AvgIpc) is 3.37. The SMILES string of the molecule is C/C(=N/Nc1nc(SCC(=O)NCCc2ccccc2)n[nH]1)c1cccs1. The fraction of sp³-hybridized carbons (Fsp3) is 0.222. The third-order valence-electron chi connectivity index (χ3n) is 3.58. The van der Waals surface area contributed by atoms with Crippen LogP contribution in [0.25, 0.3) is 0 Å². The van der Waals surface area contributed by atoms with Crippen LogP contribution in [0.2, 0.25) is 0 Å². The molecule has 0 spiro atoms. The molecule has 0 saturated carbocycles. The van der Waals surface area contributed by atoms with Crippen LogP contribution in [0.15, 0.2) is 58.1 Å². The van der Waals surface area contributed by atoms with Crippen molar-refractivity contribution in [2.75, 3.05) is 17.7 Å². The van der Waals surface area contributed by atoms with Crippen molar-refractivity contribution in [3.8, 4) is 0 Å². The predicted molar refractivity (Wildman–Crippen MR) is 110 cm³/mol. The van der Waals surface area contributed by atoms with Crippen molar-refractivity contribution in [2.45, 2.75) is 18.5 Å². The minimum absolute atomic E-state index is 0.0400. The molecule has 0 unspecified atom stereocenters. The molecule has 3 N–H and O–H groups in total. The molecule has 0 radical (unpaired) electrons. The lowest BCUT2D eigenvalue weighted by molar-refractivity contribution is -0.118. The van der Waals surface area contributed by atoms with E-state index in [0.717, 1.165) is 17.0 Å². The standard InChI is InChI=1S/C18H20N6OS2/c1-13(15-8-5-11-26-15)21-22-17-20-18(24-23-17)27-12-16(25)19-10-9-14-6-3-2-4-7-14/h2-8,11H,9-10,12H2,1H3,(H,19,25)(H2,20,22,23,24)/b21-13-. The van der Waals surface area contributed by atoms with Crippen molar-refractivity contribution < 1.29 is 4.79 Å². The number of nitrogens with one attached hydrogen (secondary N) is 3. The summed E-state index contributed by atoms with van der Waals surface area (Å²) in [6.07, 6.45) is 0.813. The van der Waals surface area contributed by atoms with E-state index in [1.807, 2.05) is 54.8 Å². The Morgan fingerprint density at radius 3 is 2.89 bits per heavy atom. The van der Waals surface area contributed by atoms with Crippen LogP contribution >= 0.6 is 23.1 Å². The molecule has 2 heterocycles. The van der Waals surface area contributed by atoms with Crippen LogP contribution in [0.1, 0.15) is 17.4 Å². The van der Waals surface area contributed by atoms with Crippen LogP contribution < -0.4 is 10.7 Å². The molecule has 7 nitrogen and oxygen atoms in total. The number of benzene rings is 1. The Bertz CT molecular complexity index is 876. The molecule has 1 aromatic carbocycles. The third-order valence-corrected chi connectivity index (χ3v) is 5.41. The number of amides is 1. The van der Waals surface area contributed by atoms with E-state index in [9.17, 15) is 4.79 Å². The van der Waals surface area contributed by atoms with E-state index in [-0.39, 0.29) is 11.7 Å². The minimum atomic E-state index is -0.0400. The first-order valence-electron chi connectivity index (χ1n) is 8.41. The number of hydrogen-bond donors (Lipinski definition) is 3. The largest absolute Gasteiger partial charge is 0.355 e.